The third-order valence-corrected chi connectivity index (χ3v) is 3.99. The first-order valence-electron chi connectivity index (χ1n) is 8.15. The number of methoxy groups -OCH3 is 1. The van der Waals surface area contributed by atoms with Gasteiger partial charge < -0.3 is 15.4 Å². The fourth-order valence-corrected chi connectivity index (χ4v) is 2.53. The van der Waals surface area contributed by atoms with Gasteiger partial charge in [0.25, 0.3) is 0 Å². The zero-order valence-electron chi connectivity index (χ0n) is 14.9. The Morgan fingerprint density at radius 2 is 1.73 bits per heavy atom. The fourth-order valence-electron chi connectivity index (χ4n) is 2.53. The summed E-state index contributed by atoms with van der Waals surface area (Å²) in [5.74, 6) is -1.13. The molecule has 0 spiro atoms. The smallest absolute Gasteiger partial charge is 0.191 e. The molecule has 4 nitrogen and oxygen atoms in total. The molecule has 0 aliphatic heterocycles. The molecule has 0 heterocycles. The maximum Gasteiger partial charge on any atom is 0.191 e. The molecular formula is C19H22F3N3O. The molecule has 26 heavy (non-hydrogen) atoms. The Labute approximate surface area is 151 Å². The Hall–Kier alpha value is -2.54. The van der Waals surface area contributed by atoms with Gasteiger partial charge in [-0.25, -0.2) is 13.2 Å². The van der Waals surface area contributed by atoms with Gasteiger partial charge in [0.15, 0.2) is 5.96 Å². The van der Waals surface area contributed by atoms with Gasteiger partial charge in [0.2, 0.25) is 0 Å². The number of hydrogen-bond acceptors (Lipinski definition) is 2. The molecule has 2 rings (SSSR count). The molecule has 2 N–H and O–H groups in total. The molecule has 0 aliphatic carbocycles. The van der Waals surface area contributed by atoms with E-state index in [1.54, 1.807) is 33.2 Å². The van der Waals surface area contributed by atoms with Gasteiger partial charge in [-0.3, -0.25) is 4.99 Å². The second kappa shape index (κ2) is 9.24. The number of benzene rings is 2. The lowest BCUT2D eigenvalue weighted by Crippen LogP contribution is -2.41. The van der Waals surface area contributed by atoms with E-state index in [0.29, 0.717) is 18.1 Å². The van der Waals surface area contributed by atoms with Crippen LogP contribution in [0.2, 0.25) is 0 Å². The van der Waals surface area contributed by atoms with Crippen LogP contribution in [0.1, 0.15) is 30.2 Å². The van der Waals surface area contributed by atoms with E-state index in [9.17, 15) is 13.2 Å². The predicted molar refractivity (Wildman–Crippen MR) is 95.4 cm³/mol. The van der Waals surface area contributed by atoms with Gasteiger partial charge in [-0.2, -0.15) is 0 Å². The second-order valence-electron chi connectivity index (χ2n) is 5.76. The number of nitrogens with one attached hydrogen (secondary N) is 2. The Morgan fingerprint density at radius 1 is 1.08 bits per heavy atom. The number of guanidine groups is 1. The highest BCUT2D eigenvalue weighted by Gasteiger charge is 2.15. The van der Waals surface area contributed by atoms with Crippen LogP contribution in [-0.4, -0.2) is 26.7 Å². The van der Waals surface area contributed by atoms with Gasteiger partial charge in [0, 0.05) is 32.3 Å². The van der Waals surface area contributed by atoms with Gasteiger partial charge in [-0.15, -0.1) is 0 Å². The van der Waals surface area contributed by atoms with Crippen molar-refractivity contribution in [2.75, 3.05) is 20.7 Å². The molecule has 0 fully saturated rings. The maximum absolute atomic E-state index is 13.9. The Bertz CT molecular complexity index is 750. The summed E-state index contributed by atoms with van der Waals surface area (Å²) in [7, 11) is 3.14. The average molecular weight is 365 g/mol. The van der Waals surface area contributed by atoms with Crippen molar-refractivity contribution in [1.29, 1.82) is 0 Å². The summed E-state index contributed by atoms with van der Waals surface area (Å²) in [6, 6.07) is 9.07. The summed E-state index contributed by atoms with van der Waals surface area (Å²) in [5, 5.41) is 6.13. The summed E-state index contributed by atoms with van der Waals surface area (Å²) in [6.07, 6.45) is -0.313. The minimum Gasteiger partial charge on any atom is -0.375 e. The third kappa shape index (κ3) is 5.23. The van der Waals surface area contributed by atoms with Crippen LogP contribution >= 0.6 is 0 Å². The van der Waals surface area contributed by atoms with Crippen molar-refractivity contribution in [3.05, 3.63) is 71.0 Å². The van der Waals surface area contributed by atoms with E-state index < -0.39 is 17.7 Å². The first kappa shape index (κ1) is 19.8. The average Bonchev–Trinajstić information content (AvgIpc) is 2.62. The van der Waals surface area contributed by atoms with Crippen LogP contribution in [0.4, 0.5) is 13.2 Å². The molecule has 2 aromatic carbocycles. The second-order valence-corrected chi connectivity index (χ2v) is 5.76. The maximum atomic E-state index is 13.9. The van der Waals surface area contributed by atoms with Gasteiger partial charge in [-0.1, -0.05) is 18.2 Å². The normalized spacial score (nSPS) is 14.0. The lowest BCUT2D eigenvalue weighted by Gasteiger charge is -2.21. The number of nitrogens with zero attached hydrogens (tertiary/aromatic N) is 1. The topological polar surface area (TPSA) is 45.7 Å². The van der Waals surface area contributed by atoms with Gasteiger partial charge in [0.05, 0.1) is 12.1 Å². The van der Waals surface area contributed by atoms with Crippen molar-refractivity contribution in [2.24, 2.45) is 4.99 Å². The van der Waals surface area contributed by atoms with E-state index in [1.807, 2.05) is 0 Å². The predicted octanol–water partition coefficient (Wildman–Crippen LogP) is 3.72. The van der Waals surface area contributed by atoms with Crippen molar-refractivity contribution in [3.8, 4) is 0 Å². The number of hydrogen-bond donors (Lipinski definition) is 2. The van der Waals surface area contributed by atoms with E-state index in [2.05, 4.69) is 15.6 Å². The summed E-state index contributed by atoms with van der Waals surface area (Å²) in [5.41, 5.74) is 1.14. The third-order valence-electron chi connectivity index (χ3n) is 3.99. The van der Waals surface area contributed by atoms with E-state index in [1.165, 1.54) is 24.3 Å². The molecule has 0 bridgehead atoms. The molecular weight excluding hydrogens is 343 g/mol. The van der Waals surface area contributed by atoms with Crippen LogP contribution in [0.3, 0.4) is 0 Å². The monoisotopic (exact) mass is 365 g/mol. The van der Waals surface area contributed by atoms with Crippen LogP contribution in [-0.2, 0) is 4.74 Å². The number of rotatable bonds is 6. The van der Waals surface area contributed by atoms with Gasteiger partial charge in [-0.05, 0) is 30.7 Å². The molecule has 0 saturated heterocycles. The minimum atomic E-state index is -0.624. The van der Waals surface area contributed by atoms with Crippen LogP contribution < -0.4 is 10.6 Å². The lowest BCUT2D eigenvalue weighted by atomic mass is 10.1. The van der Waals surface area contributed by atoms with Crippen LogP contribution in [0, 0.1) is 17.5 Å². The molecule has 0 radical (unpaired) electrons. The Morgan fingerprint density at radius 3 is 2.31 bits per heavy atom. The van der Waals surface area contributed by atoms with E-state index in [-0.39, 0.29) is 11.9 Å². The van der Waals surface area contributed by atoms with Crippen LogP contribution in [0.25, 0.3) is 0 Å². The quantitative estimate of drug-likeness (QED) is 0.606. The van der Waals surface area contributed by atoms with Crippen molar-refractivity contribution < 1.29 is 17.9 Å². The highest BCUT2D eigenvalue weighted by molar-refractivity contribution is 5.80. The van der Waals surface area contributed by atoms with Crippen LogP contribution in [0.5, 0.6) is 0 Å². The zero-order valence-corrected chi connectivity index (χ0v) is 14.9. The summed E-state index contributed by atoms with van der Waals surface area (Å²) >= 11 is 0. The molecule has 2 aromatic rings. The van der Waals surface area contributed by atoms with Gasteiger partial charge in [0.1, 0.15) is 17.5 Å². The lowest BCUT2D eigenvalue weighted by molar-refractivity contribution is 0.106. The molecule has 2 unspecified atom stereocenters. The van der Waals surface area contributed by atoms with E-state index >= 15 is 0 Å². The molecule has 0 amide bonds. The van der Waals surface area contributed by atoms with E-state index in [0.717, 1.165) is 11.6 Å². The van der Waals surface area contributed by atoms with Crippen molar-refractivity contribution in [2.45, 2.75) is 19.1 Å². The summed E-state index contributed by atoms with van der Waals surface area (Å²) in [4.78, 5) is 4.10. The SMILES string of the molecule is CN=C(NCC(OC)c1ccc(F)cc1)NC(C)c1ccc(F)cc1F. The Kier molecular flexibility index (Phi) is 7.03. The largest absolute Gasteiger partial charge is 0.375 e. The Balaban J connectivity index is 1.99. The molecule has 2 atom stereocenters. The molecule has 140 valence electrons. The summed E-state index contributed by atoms with van der Waals surface area (Å²) in [6.45, 7) is 2.12. The highest BCUT2D eigenvalue weighted by atomic mass is 19.1. The van der Waals surface area contributed by atoms with Crippen molar-refractivity contribution in [1.82, 2.24) is 10.6 Å². The first-order chi connectivity index (χ1) is 12.4. The minimum absolute atomic E-state index is 0.313. The van der Waals surface area contributed by atoms with Crippen molar-refractivity contribution in [3.63, 3.8) is 0 Å². The first-order valence-corrected chi connectivity index (χ1v) is 8.15. The summed E-state index contributed by atoms with van der Waals surface area (Å²) < 4.78 is 45.4. The standard InChI is InChI=1S/C19H22F3N3O/c1-12(16-9-8-15(21)10-17(16)22)25-19(23-2)24-11-18(26-3)13-4-6-14(20)7-5-13/h4-10,12,18H,11H2,1-3H3,(H2,23,24,25). The van der Waals surface area contributed by atoms with Gasteiger partial charge >= 0.3 is 0 Å². The highest BCUT2D eigenvalue weighted by Crippen LogP contribution is 2.18. The molecule has 0 saturated carbocycles. The van der Waals surface area contributed by atoms with E-state index in [4.69, 9.17) is 4.74 Å². The fraction of sp³-hybridized carbons (Fsp3) is 0.316. The van der Waals surface area contributed by atoms with Crippen molar-refractivity contribution >= 4 is 5.96 Å². The number of aliphatic imine (C=N–C) groups is 1. The number of halogens is 3. The number of ether oxygens (including phenoxy) is 1. The van der Waals surface area contributed by atoms with Crippen LogP contribution in [0.15, 0.2) is 47.5 Å². The zero-order chi connectivity index (χ0) is 19.1. The molecule has 0 aliphatic rings. The molecule has 0 aromatic heterocycles. The molecule has 7 heteroatoms.